The van der Waals surface area contributed by atoms with Gasteiger partial charge in [-0.05, 0) is 40.8 Å². The number of carbonyl (C=O) groups is 1. The highest BCUT2D eigenvalue weighted by atomic mass is 127. The van der Waals surface area contributed by atoms with Gasteiger partial charge in [-0.25, -0.2) is 4.79 Å². The molecule has 0 aliphatic carbocycles. The number of halogens is 1. The van der Waals surface area contributed by atoms with E-state index in [0.717, 1.165) is 15.3 Å². The van der Waals surface area contributed by atoms with Gasteiger partial charge in [-0.15, -0.1) is 0 Å². The molecular weight excluding hydrogens is 281 g/mol. The predicted molar refractivity (Wildman–Crippen MR) is 59.6 cm³/mol. The molecule has 68 valence electrons. The van der Waals surface area contributed by atoms with Crippen molar-refractivity contribution >= 4 is 34.2 Å². The largest absolute Gasteiger partial charge is 0.478 e. The summed E-state index contributed by atoms with van der Waals surface area (Å²) in [5.74, 6) is -0.960. The Balaban J connectivity index is 2.59. The molecule has 1 aromatic carbocycles. The zero-order valence-corrected chi connectivity index (χ0v) is 8.86. The zero-order valence-electron chi connectivity index (χ0n) is 6.70. The summed E-state index contributed by atoms with van der Waals surface area (Å²) in [5.41, 5.74) is 0.879. The first kappa shape index (κ1) is 10.0. The Kier molecular flexibility index (Phi) is 3.75. The Morgan fingerprint density at radius 1 is 1.54 bits per heavy atom. The molecule has 0 aliphatic rings. The highest BCUT2D eigenvalue weighted by Gasteiger charge is 1.89. The number of carboxylic acids is 1. The van der Waals surface area contributed by atoms with Gasteiger partial charge in [0.15, 0.2) is 0 Å². The standard InChI is InChI=1S/C9H8INO2/c10-7-2-1-3-8(6-7)11-5-4-9(12)13/h1-6,11H,(H,12,13)/b5-4+. The van der Waals surface area contributed by atoms with Crippen LogP contribution in [0.5, 0.6) is 0 Å². The molecular formula is C9H8INO2. The van der Waals surface area contributed by atoms with Crippen LogP contribution in [-0.4, -0.2) is 11.1 Å². The van der Waals surface area contributed by atoms with E-state index in [-0.39, 0.29) is 0 Å². The third-order valence-corrected chi connectivity index (χ3v) is 1.97. The molecule has 0 heterocycles. The number of nitrogens with one attached hydrogen (secondary N) is 1. The summed E-state index contributed by atoms with van der Waals surface area (Å²) >= 11 is 2.19. The molecule has 2 N–H and O–H groups in total. The van der Waals surface area contributed by atoms with Crippen LogP contribution in [0.3, 0.4) is 0 Å². The Hall–Kier alpha value is -1.04. The minimum atomic E-state index is -0.960. The molecule has 0 amide bonds. The molecule has 0 aliphatic heterocycles. The molecule has 0 saturated carbocycles. The van der Waals surface area contributed by atoms with Crippen molar-refractivity contribution in [2.45, 2.75) is 0 Å². The molecule has 0 saturated heterocycles. The smallest absolute Gasteiger partial charge is 0.329 e. The van der Waals surface area contributed by atoms with Gasteiger partial charge in [0.05, 0.1) is 0 Å². The fourth-order valence-corrected chi connectivity index (χ4v) is 1.33. The number of hydrogen-bond donors (Lipinski definition) is 2. The lowest BCUT2D eigenvalue weighted by Crippen LogP contribution is -1.92. The van der Waals surface area contributed by atoms with Gasteiger partial charge < -0.3 is 10.4 Å². The quantitative estimate of drug-likeness (QED) is 0.663. The van der Waals surface area contributed by atoms with E-state index in [1.807, 2.05) is 24.3 Å². The summed E-state index contributed by atoms with van der Waals surface area (Å²) < 4.78 is 1.10. The average Bonchev–Trinajstić information content (AvgIpc) is 2.03. The lowest BCUT2D eigenvalue weighted by molar-refractivity contribution is -0.131. The van der Waals surface area contributed by atoms with Crippen molar-refractivity contribution in [1.82, 2.24) is 0 Å². The Labute approximate surface area is 89.6 Å². The fourth-order valence-electron chi connectivity index (χ4n) is 0.787. The average molecular weight is 289 g/mol. The summed E-state index contributed by atoms with van der Waals surface area (Å²) in [6.45, 7) is 0. The molecule has 1 rings (SSSR count). The summed E-state index contributed by atoms with van der Waals surface area (Å²) in [5, 5.41) is 11.2. The summed E-state index contributed by atoms with van der Waals surface area (Å²) in [4.78, 5) is 10.1. The van der Waals surface area contributed by atoms with Crippen molar-refractivity contribution in [3.63, 3.8) is 0 Å². The molecule has 1 aromatic rings. The summed E-state index contributed by atoms with van der Waals surface area (Å²) in [6, 6.07) is 7.66. The van der Waals surface area contributed by atoms with Crippen LogP contribution < -0.4 is 5.32 Å². The van der Waals surface area contributed by atoms with Crippen LogP contribution in [0.25, 0.3) is 0 Å². The van der Waals surface area contributed by atoms with Crippen LogP contribution in [-0.2, 0) is 4.79 Å². The maximum atomic E-state index is 10.1. The molecule has 0 fully saturated rings. The minimum absolute atomic E-state index is 0.879. The highest BCUT2D eigenvalue weighted by molar-refractivity contribution is 14.1. The second-order valence-electron chi connectivity index (χ2n) is 2.33. The molecule has 0 aromatic heterocycles. The van der Waals surface area contributed by atoms with Crippen molar-refractivity contribution in [3.8, 4) is 0 Å². The van der Waals surface area contributed by atoms with E-state index in [2.05, 4.69) is 27.9 Å². The van der Waals surface area contributed by atoms with E-state index in [1.165, 1.54) is 6.20 Å². The lowest BCUT2D eigenvalue weighted by Gasteiger charge is -1.99. The number of anilines is 1. The topological polar surface area (TPSA) is 49.3 Å². The van der Waals surface area contributed by atoms with Gasteiger partial charge in [-0.1, -0.05) is 6.07 Å². The number of aliphatic carboxylic acids is 1. The third kappa shape index (κ3) is 3.93. The highest BCUT2D eigenvalue weighted by Crippen LogP contribution is 2.11. The van der Waals surface area contributed by atoms with Gasteiger partial charge in [0.25, 0.3) is 0 Å². The van der Waals surface area contributed by atoms with Gasteiger partial charge in [0, 0.05) is 21.5 Å². The minimum Gasteiger partial charge on any atom is -0.478 e. The summed E-state index contributed by atoms with van der Waals surface area (Å²) in [7, 11) is 0. The third-order valence-electron chi connectivity index (χ3n) is 1.30. The van der Waals surface area contributed by atoms with Gasteiger partial charge in [0.1, 0.15) is 0 Å². The van der Waals surface area contributed by atoms with Crippen molar-refractivity contribution in [2.75, 3.05) is 5.32 Å². The van der Waals surface area contributed by atoms with E-state index in [0.29, 0.717) is 0 Å². The first-order chi connectivity index (χ1) is 6.18. The van der Waals surface area contributed by atoms with Crippen LogP contribution in [0.4, 0.5) is 5.69 Å². The van der Waals surface area contributed by atoms with Gasteiger partial charge in [-0.2, -0.15) is 0 Å². The van der Waals surface area contributed by atoms with E-state index < -0.39 is 5.97 Å². The Bertz CT molecular complexity index is 336. The van der Waals surface area contributed by atoms with E-state index in [4.69, 9.17) is 5.11 Å². The number of rotatable bonds is 3. The van der Waals surface area contributed by atoms with Gasteiger partial charge in [-0.3, -0.25) is 0 Å². The van der Waals surface area contributed by atoms with Crippen molar-refractivity contribution < 1.29 is 9.90 Å². The van der Waals surface area contributed by atoms with Crippen LogP contribution in [0.2, 0.25) is 0 Å². The maximum absolute atomic E-state index is 10.1. The van der Waals surface area contributed by atoms with E-state index in [1.54, 1.807) is 0 Å². The molecule has 4 heteroatoms. The zero-order chi connectivity index (χ0) is 9.68. The van der Waals surface area contributed by atoms with Crippen molar-refractivity contribution in [3.05, 3.63) is 40.1 Å². The molecule has 0 bridgehead atoms. The van der Waals surface area contributed by atoms with E-state index in [9.17, 15) is 4.79 Å². The molecule has 0 radical (unpaired) electrons. The van der Waals surface area contributed by atoms with Crippen molar-refractivity contribution in [2.24, 2.45) is 0 Å². The molecule has 3 nitrogen and oxygen atoms in total. The predicted octanol–water partition coefficient (Wildman–Crippen LogP) is 2.30. The van der Waals surface area contributed by atoms with E-state index >= 15 is 0 Å². The first-order valence-electron chi connectivity index (χ1n) is 3.60. The Morgan fingerprint density at radius 3 is 2.92 bits per heavy atom. The first-order valence-corrected chi connectivity index (χ1v) is 4.68. The fraction of sp³-hybridized carbons (Fsp3) is 0. The van der Waals surface area contributed by atoms with Crippen LogP contribution in [0.1, 0.15) is 0 Å². The normalized spacial score (nSPS) is 10.2. The van der Waals surface area contributed by atoms with Crippen LogP contribution in [0, 0.1) is 3.57 Å². The van der Waals surface area contributed by atoms with Crippen LogP contribution in [0.15, 0.2) is 36.5 Å². The molecule has 13 heavy (non-hydrogen) atoms. The number of carboxylic acid groups (broad SMARTS) is 1. The monoisotopic (exact) mass is 289 g/mol. The van der Waals surface area contributed by atoms with Crippen LogP contribution >= 0.6 is 22.6 Å². The molecule has 0 atom stereocenters. The SMILES string of the molecule is O=C(O)/C=C/Nc1cccc(I)c1. The second kappa shape index (κ2) is 4.86. The lowest BCUT2D eigenvalue weighted by atomic mass is 10.3. The van der Waals surface area contributed by atoms with Gasteiger partial charge >= 0.3 is 5.97 Å². The summed E-state index contributed by atoms with van der Waals surface area (Å²) in [6.07, 6.45) is 2.45. The maximum Gasteiger partial charge on any atom is 0.329 e. The Morgan fingerprint density at radius 2 is 2.31 bits per heavy atom. The molecule has 0 spiro atoms. The number of benzene rings is 1. The number of hydrogen-bond acceptors (Lipinski definition) is 2. The molecule has 0 unspecified atom stereocenters. The second-order valence-corrected chi connectivity index (χ2v) is 3.57. The van der Waals surface area contributed by atoms with Gasteiger partial charge in [0.2, 0.25) is 0 Å². The van der Waals surface area contributed by atoms with Crippen molar-refractivity contribution in [1.29, 1.82) is 0 Å².